The molecule has 21 heavy (non-hydrogen) atoms. The van der Waals surface area contributed by atoms with E-state index in [-0.39, 0.29) is 29.2 Å². The maximum Gasteiger partial charge on any atom is 0.333 e. The van der Waals surface area contributed by atoms with E-state index >= 15 is 0 Å². The van der Waals surface area contributed by atoms with E-state index in [2.05, 4.69) is 6.58 Å². The van der Waals surface area contributed by atoms with Gasteiger partial charge >= 0.3 is 5.97 Å². The fourth-order valence-corrected chi connectivity index (χ4v) is 7.28. The predicted octanol–water partition coefficient (Wildman–Crippen LogP) is 1.70. The highest BCUT2D eigenvalue weighted by atomic mass is 32.2. The molecule has 5 atom stereocenters. The number of rotatable bonds is 2. The molecule has 0 aromatic rings. The van der Waals surface area contributed by atoms with Gasteiger partial charge in [-0.25, -0.2) is 13.2 Å². The van der Waals surface area contributed by atoms with Crippen LogP contribution in [0.2, 0.25) is 0 Å². The number of sulfonamides is 1. The van der Waals surface area contributed by atoms with E-state index in [0.29, 0.717) is 12.0 Å². The topological polar surface area (TPSA) is 63.7 Å². The molecule has 0 N–H and O–H groups in total. The second kappa shape index (κ2) is 4.32. The highest BCUT2D eigenvalue weighted by molar-refractivity contribution is 7.90. The Balaban J connectivity index is 1.98. The fourth-order valence-electron chi connectivity index (χ4n) is 4.41. The molecule has 0 spiro atoms. The van der Waals surface area contributed by atoms with Crippen LogP contribution in [0.1, 0.15) is 40.5 Å². The Morgan fingerprint density at radius 2 is 1.90 bits per heavy atom. The Hall–Kier alpha value is -0.880. The van der Waals surface area contributed by atoms with Crippen LogP contribution >= 0.6 is 0 Å². The summed E-state index contributed by atoms with van der Waals surface area (Å²) in [7, 11) is -3.30. The van der Waals surface area contributed by atoms with E-state index in [4.69, 9.17) is 4.74 Å². The van der Waals surface area contributed by atoms with Crippen molar-refractivity contribution < 1.29 is 17.9 Å². The van der Waals surface area contributed by atoms with E-state index < -0.39 is 21.5 Å². The molecular formula is C15H23NO4S. The van der Waals surface area contributed by atoms with Gasteiger partial charge in [0, 0.05) is 11.1 Å². The van der Waals surface area contributed by atoms with Crippen molar-refractivity contribution >= 4 is 16.0 Å². The van der Waals surface area contributed by atoms with Gasteiger partial charge in [-0.15, -0.1) is 0 Å². The van der Waals surface area contributed by atoms with Crippen molar-refractivity contribution in [3.05, 3.63) is 12.2 Å². The lowest BCUT2D eigenvalue weighted by molar-refractivity contribution is -0.149. The number of hydrogen-bond donors (Lipinski definition) is 0. The largest absolute Gasteiger partial charge is 0.457 e. The first-order valence-electron chi connectivity index (χ1n) is 7.45. The normalized spacial score (nSPS) is 40.5. The van der Waals surface area contributed by atoms with Crippen LogP contribution in [0.4, 0.5) is 0 Å². The molecule has 1 heterocycles. The maximum atomic E-state index is 12.8. The first kappa shape index (κ1) is 15.0. The summed E-state index contributed by atoms with van der Waals surface area (Å²) in [6.07, 6.45) is 1.13. The summed E-state index contributed by atoms with van der Waals surface area (Å²) in [5, 5.41) is -0.286. The molecule has 0 aromatic heterocycles. The van der Waals surface area contributed by atoms with Crippen molar-refractivity contribution in [1.82, 2.24) is 4.31 Å². The molecule has 3 aliphatic rings. The molecule has 1 saturated heterocycles. The third-order valence-electron chi connectivity index (χ3n) is 5.01. The quantitative estimate of drug-likeness (QED) is 0.575. The van der Waals surface area contributed by atoms with Crippen LogP contribution in [0.5, 0.6) is 0 Å². The third kappa shape index (κ3) is 1.99. The molecular weight excluding hydrogens is 290 g/mol. The highest BCUT2D eigenvalue weighted by Gasteiger charge is 2.69. The average molecular weight is 313 g/mol. The Labute approximate surface area is 126 Å². The van der Waals surface area contributed by atoms with Crippen LogP contribution in [0.15, 0.2) is 12.2 Å². The monoisotopic (exact) mass is 313 g/mol. The predicted molar refractivity (Wildman–Crippen MR) is 79.0 cm³/mol. The lowest BCUT2D eigenvalue weighted by Crippen LogP contribution is -2.52. The molecule has 2 bridgehead atoms. The number of nitrogens with zero attached hydrogens (tertiary/aromatic N) is 1. The van der Waals surface area contributed by atoms with Crippen molar-refractivity contribution in [2.75, 3.05) is 0 Å². The van der Waals surface area contributed by atoms with Crippen LogP contribution in [0.3, 0.4) is 0 Å². The van der Waals surface area contributed by atoms with Crippen LogP contribution in [-0.2, 0) is 19.6 Å². The molecule has 2 saturated carbocycles. The summed E-state index contributed by atoms with van der Waals surface area (Å²) in [5.74, 6) is -0.153. The highest BCUT2D eigenvalue weighted by Crippen LogP contribution is 2.58. The van der Waals surface area contributed by atoms with Gasteiger partial charge in [0.25, 0.3) is 0 Å². The van der Waals surface area contributed by atoms with Gasteiger partial charge in [0.15, 0.2) is 0 Å². The van der Waals surface area contributed by atoms with Crippen LogP contribution in [-0.4, -0.2) is 41.6 Å². The first-order valence-corrected chi connectivity index (χ1v) is 8.95. The molecule has 3 fully saturated rings. The zero-order valence-corrected chi connectivity index (χ0v) is 13.8. The van der Waals surface area contributed by atoms with Crippen molar-refractivity contribution in [2.45, 2.75) is 63.5 Å². The molecule has 1 aliphatic heterocycles. The lowest BCUT2D eigenvalue weighted by Gasteiger charge is -2.37. The average Bonchev–Trinajstić information content (AvgIpc) is 2.90. The van der Waals surface area contributed by atoms with Crippen molar-refractivity contribution in [1.29, 1.82) is 0 Å². The second-order valence-electron chi connectivity index (χ2n) is 7.59. The zero-order valence-electron chi connectivity index (χ0n) is 13.0. The Morgan fingerprint density at radius 1 is 1.29 bits per heavy atom. The minimum absolute atomic E-state index is 0.0992. The van der Waals surface area contributed by atoms with E-state index in [1.165, 1.54) is 0 Å². The van der Waals surface area contributed by atoms with Crippen LogP contribution < -0.4 is 0 Å². The van der Waals surface area contributed by atoms with Crippen LogP contribution in [0.25, 0.3) is 0 Å². The Kier molecular flexibility index (Phi) is 3.09. The third-order valence-corrected chi connectivity index (χ3v) is 7.65. The molecule has 118 valence electrons. The minimum atomic E-state index is -3.30. The summed E-state index contributed by atoms with van der Waals surface area (Å²) in [6.45, 7) is 10.9. The van der Waals surface area contributed by atoms with Gasteiger partial charge in [-0.2, -0.15) is 4.31 Å². The molecule has 6 heteroatoms. The summed E-state index contributed by atoms with van der Waals surface area (Å²) in [4.78, 5) is 11.9. The fraction of sp³-hybridized carbons (Fsp3) is 0.800. The summed E-state index contributed by atoms with van der Waals surface area (Å²) in [5.41, 5.74) is -0.138. The van der Waals surface area contributed by atoms with Crippen molar-refractivity contribution in [3.63, 3.8) is 0 Å². The number of carbonyl (C=O) groups excluding carboxylic acids is 1. The second-order valence-corrected chi connectivity index (χ2v) is 9.62. The molecule has 0 radical (unpaired) electrons. The molecule has 0 aromatic carbocycles. The molecule has 0 amide bonds. The number of carbonyl (C=O) groups is 1. The van der Waals surface area contributed by atoms with Gasteiger partial charge in [0.1, 0.15) is 6.10 Å². The van der Waals surface area contributed by atoms with Crippen molar-refractivity contribution in [3.8, 4) is 0 Å². The van der Waals surface area contributed by atoms with Gasteiger partial charge in [0.05, 0.1) is 11.3 Å². The van der Waals surface area contributed by atoms with E-state index in [9.17, 15) is 13.2 Å². The lowest BCUT2D eigenvalue weighted by atomic mass is 9.90. The summed E-state index contributed by atoms with van der Waals surface area (Å²) < 4.78 is 32.8. The van der Waals surface area contributed by atoms with Gasteiger partial charge in [0.2, 0.25) is 10.0 Å². The van der Waals surface area contributed by atoms with E-state index in [1.54, 1.807) is 11.2 Å². The standard InChI is InChI=1S/C15H23NO4S/c1-8(2)14(17)20-13-9-6-10-11(7-9)21(18,19)16(12(10)13)15(3,4)5/h9-13H,1,6-7H2,2-5H3. The van der Waals surface area contributed by atoms with E-state index in [1.807, 2.05) is 20.8 Å². The first-order chi connectivity index (χ1) is 9.55. The molecule has 3 rings (SSSR count). The minimum Gasteiger partial charge on any atom is -0.457 e. The van der Waals surface area contributed by atoms with Gasteiger partial charge in [-0.3, -0.25) is 0 Å². The van der Waals surface area contributed by atoms with Crippen LogP contribution in [0, 0.1) is 11.8 Å². The van der Waals surface area contributed by atoms with Crippen molar-refractivity contribution in [2.24, 2.45) is 11.8 Å². The maximum absolute atomic E-state index is 12.8. The van der Waals surface area contributed by atoms with E-state index in [0.717, 1.165) is 6.42 Å². The molecule has 2 aliphatic carbocycles. The number of esters is 1. The number of ether oxygens (including phenoxy) is 1. The number of fused-ring (bicyclic) bond motifs is 1. The molecule has 5 nitrogen and oxygen atoms in total. The van der Waals surface area contributed by atoms with Gasteiger partial charge in [-0.1, -0.05) is 6.58 Å². The number of hydrogen-bond acceptors (Lipinski definition) is 4. The SMILES string of the molecule is C=C(C)C(=O)OC1C2CC3C1N(C(C)(C)C)S(=O)(=O)C3C2. The Bertz CT molecular complexity index is 604. The Morgan fingerprint density at radius 3 is 2.43 bits per heavy atom. The zero-order chi connectivity index (χ0) is 15.7. The van der Waals surface area contributed by atoms with Gasteiger partial charge < -0.3 is 4.74 Å². The summed E-state index contributed by atoms with van der Waals surface area (Å²) >= 11 is 0. The smallest absolute Gasteiger partial charge is 0.333 e. The van der Waals surface area contributed by atoms with Gasteiger partial charge in [-0.05, 0) is 52.4 Å². The summed E-state index contributed by atoms with van der Waals surface area (Å²) in [6, 6.07) is -0.206. The molecule has 5 unspecified atom stereocenters.